The van der Waals surface area contributed by atoms with Crippen LogP contribution in [0.1, 0.15) is 23.2 Å². The van der Waals surface area contributed by atoms with Gasteiger partial charge in [-0.25, -0.2) is 4.98 Å². The quantitative estimate of drug-likeness (QED) is 0.581. The SMILES string of the molecule is O=C(Cn1cnc2sccc2c1=O)N1CC2CCC1CN2C(=O)c1ccc(Cl)c(Cl)c1. The molecule has 2 unspecified atom stereocenters. The zero-order valence-corrected chi connectivity index (χ0v) is 18.7. The fraction of sp³-hybridized carbons (Fsp3) is 0.333. The van der Waals surface area contributed by atoms with Crippen LogP contribution in [0, 0.1) is 0 Å². The molecule has 2 aromatic heterocycles. The number of piperidine rings is 2. The minimum absolute atomic E-state index is 0.0540. The zero-order valence-electron chi connectivity index (χ0n) is 16.3. The van der Waals surface area contributed by atoms with Gasteiger partial charge in [0, 0.05) is 30.7 Å². The second-order valence-electron chi connectivity index (χ2n) is 7.83. The molecule has 6 rings (SSSR count). The molecule has 3 aliphatic heterocycles. The smallest absolute Gasteiger partial charge is 0.262 e. The second kappa shape index (κ2) is 7.93. The van der Waals surface area contributed by atoms with E-state index in [1.54, 1.807) is 29.2 Å². The van der Waals surface area contributed by atoms with Gasteiger partial charge in [0.1, 0.15) is 11.4 Å². The van der Waals surface area contributed by atoms with Crippen LogP contribution in [-0.2, 0) is 11.3 Å². The molecule has 3 aliphatic rings. The summed E-state index contributed by atoms with van der Waals surface area (Å²) in [4.78, 5) is 47.2. The number of nitrogens with zero attached hydrogens (tertiary/aromatic N) is 4. The van der Waals surface area contributed by atoms with Gasteiger partial charge in [0.15, 0.2) is 0 Å². The lowest BCUT2D eigenvalue weighted by molar-refractivity contribution is -0.141. The van der Waals surface area contributed by atoms with Gasteiger partial charge in [-0.3, -0.25) is 19.0 Å². The van der Waals surface area contributed by atoms with E-state index in [9.17, 15) is 14.4 Å². The van der Waals surface area contributed by atoms with Gasteiger partial charge in [-0.2, -0.15) is 0 Å². The normalized spacial score (nSPS) is 20.5. The van der Waals surface area contributed by atoms with Gasteiger partial charge in [0.05, 0.1) is 21.8 Å². The van der Waals surface area contributed by atoms with Crippen molar-refractivity contribution in [1.82, 2.24) is 19.4 Å². The number of carbonyl (C=O) groups excluding carboxylic acids is 2. The van der Waals surface area contributed by atoms with Crippen LogP contribution in [0.5, 0.6) is 0 Å². The predicted octanol–water partition coefficient (Wildman–Crippen LogP) is 3.28. The lowest BCUT2D eigenvalue weighted by atomic mass is 9.90. The summed E-state index contributed by atoms with van der Waals surface area (Å²) in [7, 11) is 0. The first-order valence-corrected chi connectivity index (χ1v) is 11.5. The summed E-state index contributed by atoms with van der Waals surface area (Å²) in [5, 5.41) is 3.08. The van der Waals surface area contributed by atoms with Crippen LogP contribution in [0.4, 0.5) is 0 Å². The summed E-state index contributed by atoms with van der Waals surface area (Å²) in [6, 6.07) is 6.46. The molecule has 1 aromatic carbocycles. The van der Waals surface area contributed by atoms with Crippen molar-refractivity contribution in [2.45, 2.75) is 31.5 Å². The minimum atomic E-state index is -0.210. The molecular formula is C21H18Cl2N4O3S. The Hall–Kier alpha value is -2.42. The number of piperazine rings is 1. The number of rotatable bonds is 3. The van der Waals surface area contributed by atoms with Crippen LogP contribution in [0.2, 0.25) is 10.0 Å². The van der Waals surface area contributed by atoms with Crippen molar-refractivity contribution in [1.29, 1.82) is 0 Å². The van der Waals surface area contributed by atoms with Gasteiger partial charge >= 0.3 is 0 Å². The summed E-state index contributed by atoms with van der Waals surface area (Å²) < 4.78 is 1.36. The van der Waals surface area contributed by atoms with E-state index in [-0.39, 0.29) is 36.0 Å². The molecule has 31 heavy (non-hydrogen) atoms. The summed E-state index contributed by atoms with van der Waals surface area (Å²) in [5.41, 5.74) is 0.278. The van der Waals surface area contributed by atoms with E-state index in [0.29, 0.717) is 38.9 Å². The molecule has 0 radical (unpaired) electrons. The van der Waals surface area contributed by atoms with Crippen LogP contribution >= 0.6 is 34.5 Å². The number of thiophene rings is 1. The van der Waals surface area contributed by atoms with E-state index in [4.69, 9.17) is 23.2 Å². The topological polar surface area (TPSA) is 75.5 Å². The van der Waals surface area contributed by atoms with Crippen molar-refractivity contribution >= 4 is 56.6 Å². The monoisotopic (exact) mass is 476 g/mol. The number of hydrogen-bond acceptors (Lipinski definition) is 5. The number of fused-ring (bicyclic) bond motifs is 4. The highest BCUT2D eigenvalue weighted by molar-refractivity contribution is 7.16. The fourth-order valence-electron chi connectivity index (χ4n) is 4.42. The summed E-state index contributed by atoms with van der Waals surface area (Å²) in [6.45, 7) is 0.868. The van der Waals surface area contributed by atoms with Crippen molar-refractivity contribution in [2.75, 3.05) is 13.1 Å². The van der Waals surface area contributed by atoms with Crippen LogP contribution in [-0.4, -0.2) is 56.3 Å². The Labute approximate surface area is 191 Å². The van der Waals surface area contributed by atoms with E-state index in [1.807, 2.05) is 10.3 Å². The first-order valence-electron chi connectivity index (χ1n) is 9.90. The Morgan fingerprint density at radius 3 is 2.52 bits per heavy atom. The minimum Gasteiger partial charge on any atom is -0.334 e. The van der Waals surface area contributed by atoms with Crippen molar-refractivity contribution < 1.29 is 9.59 Å². The third-order valence-electron chi connectivity index (χ3n) is 6.03. The second-order valence-corrected chi connectivity index (χ2v) is 9.54. The average molecular weight is 477 g/mol. The van der Waals surface area contributed by atoms with Crippen molar-refractivity contribution in [3.63, 3.8) is 0 Å². The molecule has 0 saturated carbocycles. The Morgan fingerprint density at radius 2 is 1.81 bits per heavy atom. The Bertz CT molecular complexity index is 1260. The molecule has 2 atom stereocenters. The lowest BCUT2D eigenvalue weighted by Gasteiger charge is -2.51. The van der Waals surface area contributed by atoms with E-state index in [2.05, 4.69) is 4.98 Å². The Balaban J connectivity index is 1.31. The molecule has 3 fully saturated rings. The molecule has 0 N–H and O–H groups in total. The maximum atomic E-state index is 13.0. The Kier molecular flexibility index (Phi) is 5.24. The summed E-state index contributed by atoms with van der Waals surface area (Å²) in [6.07, 6.45) is 3.10. The van der Waals surface area contributed by atoms with E-state index in [0.717, 1.165) is 12.8 Å². The zero-order chi connectivity index (χ0) is 21.7. The van der Waals surface area contributed by atoms with E-state index in [1.165, 1.54) is 22.2 Å². The number of halogens is 2. The molecular weight excluding hydrogens is 459 g/mol. The molecule has 7 nitrogen and oxygen atoms in total. The number of hydrogen-bond donors (Lipinski definition) is 0. The number of aromatic nitrogens is 2. The van der Waals surface area contributed by atoms with Crippen LogP contribution in [0.3, 0.4) is 0 Å². The number of carbonyl (C=O) groups is 2. The standard InChI is InChI=1S/C21H18Cl2N4O3S/c22-16-4-1-12(7-17(16)23)20(29)27-9-13-2-3-14(27)8-26(13)18(28)10-25-11-24-19-15(21(25)30)5-6-31-19/h1,4-7,11,13-14H,2-3,8-10H2. The van der Waals surface area contributed by atoms with Crippen molar-refractivity contribution in [2.24, 2.45) is 0 Å². The van der Waals surface area contributed by atoms with Gasteiger partial charge < -0.3 is 9.80 Å². The molecule has 3 aromatic rings. The van der Waals surface area contributed by atoms with Crippen molar-refractivity contribution in [3.8, 4) is 0 Å². The first kappa shape index (κ1) is 20.5. The third kappa shape index (κ3) is 3.62. The maximum Gasteiger partial charge on any atom is 0.262 e. The van der Waals surface area contributed by atoms with Crippen LogP contribution in [0.25, 0.3) is 10.2 Å². The molecule has 2 bridgehead atoms. The maximum absolute atomic E-state index is 13.0. The molecule has 0 aliphatic carbocycles. The van der Waals surface area contributed by atoms with Crippen molar-refractivity contribution in [3.05, 3.63) is 61.9 Å². The number of benzene rings is 1. The first-order chi connectivity index (χ1) is 14.9. The van der Waals surface area contributed by atoms with E-state index >= 15 is 0 Å². The van der Waals surface area contributed by atoms with Gasteiger partial charge in [0.25, 0.3) is 11.5 Å². The molecule has 10 heteroatoms. The lowest BCUT2D eigenvalue weighted by Crippen LogP contribution is -2.65. The molecule has 3 saturated heterocycles. The molecule has 160 valence electrons. The fourth-order valence-corrected chi connectivity index (χ4v) is 5.44. The average Bonchev–Trinajstić information content (AvgIpc) is 3.27. The van der Waals surface area contributed by atoms with Gasteiger partial charge in [-0.05, 0) is 42.5 Å². The molecule has 2 amide bonds. The van der Waals surface area contributed by atoms with Crippen LogP contribution < -0.4 is 5.56 Å². The van der Waals surface area contributed by atoms with Gasteiger partial charge in [0.2, 0.25) is 5.91 Å². The predicted molar refractivity (Wildman–Crippen MR) is 120 cm³/mol. The third-order valence-corrected chi connectivity index (χ3v) is 7.59. The Morgan fingerprint density at radius 1 is 1.06 bits per heavy atom. The highest BCUT2D eigenvalue weighted by Gasteiger charge is 2.43. The van der Waals surface area contributed by atoms with E-state index < -0.39 is 0 Å². The summed E-state index contributed by atoms with van der Waals surface area (Å²) in [5.74, 6) is -0.237. The van der Waals surface area contributed by atoms with Gasteiger partial charge in [-0.1, -0.05) is 23.2 Å². The molecule has 0 spiro atoms. The molecule has 5 heterocycles. The summed E-state index contributed by atoms with van der Waals surface area (Å²) >= 11 is 13.4. The number of amides is 2. The highest BCUT2D eigenvalue weighted by atomic mass is 35.5. The highest BCUT2D eigenvalue weighted by Crippen LogP contribution is 2.31. The largest absolute Gasteiger partial charge is 0.334 e. The van der Waals surface area contributed by atoms with Crippen LogP contribution in [0.15, 0.2) is 40.8 Å². The van der Waals surface area contributed by atoms with Gasteiger partial charge in [-0.15, -0.1) is 11.3 Å².